The molecule has 6 heteroatoms. The maximum Gasteiger partial charge on any atom is 0.330 e. The number of ether oxygens (including phenoxy) is 1. The fourth-order valence-electron chi connectivity index (χ4n) is 0.864. The second-order valence-electron chi connectivity index (χ2n) is 4.20. The minimum Gasteiger partial charge on any atom is -0.459 e. The quantitative estimate of drug-likeness (QED) is 0.455. The highest BCUT2D eigenvalue weighted by Gasteiger charge is 2.36. The Morgan fingerprint density at radius 2 is 1.93 bits per heavy atom. The van der Waals surface area contributed by atoms with E-state index in [4.69, 9.17) is 9.26 Å². The van der Waals surface area contributed by atoms with Crippen LogP contribution in [0.1, 0.15) is 27.7 Å². The maximum absolute atomic E-state index is 11.9. The third kappa shape index (κ3) is 5.69. The van der Waals surface area contributed by atoms with Crippen LogP contribution in [0.15, 0.2) is 0 Å². The lowest BCUT2D eigenvalue weighted by Crippen LogP contribution is -2.29. The van der Waals surface area contributed by atoms with E-state index in [0.717, 1.165) is 0 Å². The first-order valence-electron chi connectivity index (χ1n) is 4.69. The molecule has 0 aliphatic carbocycles. The van der Waals surface area contributed by atoms with Crippen molar-refractivity contribution in [2.24, 2.45) is 0 Å². The fourth-order valence-corrected chi connectivity index (χ4v) is 2.39. The molecule has 0 radical (unpaired) electrons. The van der Waals surface area contributed by atoms with Crippen LogP contribution in [0.2, 0.25) is 0 Å². The van der Waals surface area contributed by atoms with Crippen LogP contribution in [0.5, 0.6) is 0 Å². The van der Waals surface area contributed by atoms with Crippen molar-refractivity contribution >= 4 is 29.3 Å². The predicted molar refractivity (Wildman–Crippen MR) is 63.7 cm³/mol. The second-order valence-corrected chi connectivity index (χ2v) is 8.41. The lowest BCUT2D eigenvalue weighted by atomic mass is 10.2. The molecule has 0 aromatic carbocycles. The third-order valence-electron chi connectivity index (χ3n) is 1.40. The fraction of sp³-hybridized carbons (Fsp3) is 0.889. The van der Waals surface area contributed by atoms with Gasteiger partial charge in [-0.15, -0.1) is 0 Å². The molecule has 0 heterocycles. The monoisotopic (exact) mass is 300 g/mol. The molecule has 0 N–H and O–H groups in total. The zero-order valence-electron chi connectivity index (χ0n) is 9.74. The smallest absolute Gasteiger partial charge is 0.330 e. The van der Waals surface area contributed by atoms with Crippen molar-refractivity contribution < 1.29 is 18.6 Å². The average molecular weight is 301 g/mol. The molecular weight excluding hydrogens is 283 g/mol. The van der Waals surface area contributed by atoms with Gasteiger partial charge >= 0.3 is 5.97 Å². The van der Waals surface area contributed by atoms with Gasteiger partial charge in [-0.1, -0.05) is 15.9 Å². The summed E-state index contributed by atoms with van der Waals surface area (Å²) in [4.78, 5) is 11.6. The summed E-state index contributed by atoms with van der Waals surface area (Å²) in [6.07, 6.45) is 0. The van der Waals surface area contributed by atoms with Crippen molar-refractivity contribution in [1.82, 2.24) is 0 Å². The van der Waals surface area contributed by atoms with E-state index >= 15 is 0 Å². The van der Waals surface area contributed by atoms with Crippen LogP contribution in [-0.4, -0.2) is 29.4 Å². The highest BCUT2D eigenvalue weighted by atomic mass is 79.9. The van der Waals surface area contributed by atoms with Gasteiger partial charge in [0.1, 0.15) is 5.60 Å². The standard InChI is InChI=1S/C9H18BrO4P/c1-6-13-15(5,12)7(10)8(11)14-9(2,3)4/h7H,6H2,1-5H3. The van der Waals surface area contributed by atoms with Crippen LogP contribution in [0.3, 0.4) is 0 Å². The maximum atomic E-state index is 11.9. The molecule has 2 atom stereocenters. The van der Waals surface area contributed by atoms with Crippen molar-refractivity contribution in [3.63, 3.8) is 0 Å². The molecule has 0 rings (SSSR count). The Bertz CT molecular complexity index is 272. The first-order valence-corrected chi connectivity index (χ1v) is 7.74. The summed E-state index contributed by atoms with van der Waals surface area (Å²) in [6.45, 7) is 8.72. The van der Waals surface area contributed by atoms with E-state index in [-0.39, 0.29) is 0 Å². The summed E-state index contributed by atoms with van der Waals surface area (Å²) in [5, 5.41) is 0. The van der Waals surface area contributed by atoms with Crippen molar-refractivity contribution in [2.75, 3.05) is 13.3 Å². The zero-order chi connectivity index (χ0) is 12.3. The van der Waals surface area contributed by atoms with Crippen molar-refractivity contribution in [2.45, 2.75) is 37.9 Å². The number of esters is 1. The van der Waals surface area contributed by atoms with Gasteiger partial charge in [-0.25, -0.2) is 0 Å². The van der Waals surface area contributed by atoms with E-state index in [0.29, 0.717) is 6.61 Å². The van der Waals surface area contributed by atoms with E-state index in [1.54, 1.807) is 27.7 Å². The Morgan fingerprint density at radius 1 is 1.47 bits per heavy atom. The SMILES string of the molecule is CCOP(C)(=O)C(Br)C(=O)OC(C)(C)C. The molecule has 4 nitrogen and oxygen atoms in total. The van der Waals surface area contributed by atoms with Gasteiger partial charge in [0.15, 0.2) is 4.57 Å². The molecule has 0 saturated heterocycles. The molecule has 0 spiro atoms. The van der Waals surface area contributed by atoms with Crippen LogP contribution in [-0.2, 0) is 18.6 Å². The summed E-state index contributed by atoms with van der Waals surface area (Å²) in [6, 6.07) is 0. The zero-order valence-corrected chi connectivity index (χ0v) is 12.2. The van der Waals surface area contributed by atoms with Gasteiger partial charge in [0, 0.05) is 6.66 Å². The number of hydrogen-bond donors (Lipinski definition) is 0. The van der Waals surface area contributed by atoms with Gasteiger partial charge in [0.2, 0.25) is 7.37 Å². The highest BCUT2D eigenvalue weighted by molar-refractivity contribution is 9.11. The molecule has 0 aromatic rings. The van der Waals surface area contributed by atoms with E-state index in [1.807, 2.05) is 0 Å². The molecule has 0 saturated carbocycles. The van der Waals surface area contributed by atoms with Crippen LogP contribution < -0.4 is 0 Å². The molecule has 0 bridgehead atoms. The molecular formula is C9H18BrO4P. The molecule has 2 unspecified atom stereocenters. The Kier molecular flexibility index (Phi) is 5.51. The topological polar surface area (TPSA) is 52.6 Å². The second kappa shape index (κ2) is 5.46. The molecule has 0 aromatic heterocycles. The molecule has 15 heavy (non-hydrogen) atoms. The summed E-state index contributed by atoms with van der Waals surface area (Å²) < 4.78 is 21.1. The number of carbonyl (C=O) groups excluding carboxylic acids is 1. The highest BCUT2D eigenvalue weighted by Crippen LogP contribution is 2.51. The van der Waals surface area contributed by atoms with Gasteiger partial charge in [-0.3, -0.25) is 9.36 Å². The number of rotatable bonds is 4. The molecule has 0 aliphatic heterocycles. The summed E-state index contributed by atoms with van der Waals surface area (Å²) in [7, 11) is -2.98. The Balaban J connectivity index is 4.51. The first-order chi connectivity index (χ1) is 6.60. The van der Waals surface area contributed by atoms with Crippen molar-refractivity contribution in [3.8, 4) is 0 Å². The number of alkyl halides is 1. The lowest BCUT2D eigenvalue weighted by molar-refractivity contribution is -0.152. The predicted octanol–water partition coefficient (Wildman–Crippen LogP) is 2.99. The molecule has 0 aliphatic rings. The summed E-state index contributed by atoms with van der Waals surface area (Å²) >= 11 is 3.06. The first kappa shape index (κ1) is 15.1. The summed E-state index contributed by atoms with van der Waals surface area (Å²) in [5.41, 5.74) is -0.588. The van der Waals surface area contributed by atoms with Gasteiger partial charge < -0.3 is 9.26 Å². The normalized spacial score (nSPS) is 18.0. The molecule has 0 amide bonds. The van der Waals surface area contributed by atoms with E-state index in [9.17, 15) is 9.36 Å². The number of halogens is 1. The largest absolute Gasteiger partial charge is 0.459 e. The van der Waals surface area contributed by atoms with Crippen LogP contribution >= 0.6 is 23.3 Å². The minimum absolute atomic E-state index is 0.304. The lowest BCUT2D eigenvalue weighted by Gasteiger charge is -2.24. The van der Waals surface area contributed by atoms with Crippen molar-refractivity contribution in [1.29, 1.82) is 0 Å². The molecule has 0 fully saturated rings. The minimum atomic E-state index is -2.98. The third-order valence-corrected chi connectivity index (χ3v) is 5.81. The van der Waals surface area contributed by atoms with Gasteiger partial charge in [0.25, 0.3) is 0 Å². The Morgan fingerprint density at radius 3 is 2.27 bits per heavy atom. The number of hydrogen-bond acceptors (Lipinski definition) is 4. The van der Waals surface area contributed by atoms with Crippen LogP contribution in [0.4, 0.5) is 0 Å². The van der Waals surface area contributed by atoms with E-state index in [2.05, 4.69) is 15.9 Å². The average Bonchev–Trinajstić information content (AvgIpc) is 1.99. The van der Waals surface area contributed by atoms with Gasteiger partial charge in [0.05, 0.1) is 6.61 Å². The van der Waals surface area contributed by atoms with Crippen LogP contribution in [0, 0.1) is 0 Å². The van der Waals surface area contributed by atoms with E-state index < -0.39 is 23.5 Å². The molecule has 90 valence electrons. The van der Waals surface area contributed by atoms with E-state index in [1.165, 1.54) is 6.66 Å². The Hall–Kier alpha value is 0.140. The van der Waals surface area contributed by atoms with Gasteiger partial charge in [-0.05, 0) is 27.7 Å². The van der Waals surface area contributed by atoms with Gasteiger partial charge in [-0.2, -0.15) is 0 Å². The van der Waals surface area contributed by atoms with Crippen LogP contribution in [0.25, 0.3) is 0 Å². The summed E-state index contributed by atoms with van der Waals surface area (Å²) in [5.74, 6) is -0.554. The van der Waals surface area contributed by atoms with Crippen molar-refractivity contribution in [3.05, 3.63) is 0 Å². The number of carbonyl (C=O) groups is 1. The Labute approximate surface area is 99.3 Å².